The van der Waals surface area contributed by atoms with Gasteiger partial charge in [-0.05, 0) is 50.9 Å². The lowest BCUT2D eigenvalue weighted by Gasteiger charge is -2.20. The topological polar surface area (TPSA) is 80.6 Å². The molecule has 1 saturated carbocycles. The zero-order valence-corrected chi connectivity index (χ0v) is 16.9. The van der Waals surface area contributed by atoms with Gasteiger partial charge in [0, 0.05) is 37.3 Å². The van der Waals surface area contributed by atoms with Gasteiger partial charge in [-0.2, -0.15) is 0 Å². The molecule has 0 radical (unpaired) electrons. The number of halogens is 2. The maximum atomic E-state index is 12.2. The van der Waals surface area contributed by atoms with Gasteiger partial charge in [0.25, 0.3) is 5.92 Å². The lowest BCUT2D eigenvalue weighted by atomic mass is 10.2. The van der Waals surface area contributed by atoms with Gasteiger partial charge in [-0.15, -0.1) is 0 Å². The highest BCUT2D eigenvalue weighted by atomic mass is 19.3. The number of nitrogens with two attached hydrogens (primary N) is 2. The molecule has 0 atom stereocenters. The standard InChI is InChI=1S/C16H20N4O.C5H9F2N/c1-11-3-2-8-19-16(11)21-13-6-7-15(14(17)9-13)20(18)10-12-4-5-12;1-8-3-2-5(6,7)4-8/h2-3,6-9,12H,4-5,10,17-18H2,1H3;2-4H2,1H3. The van der Waals surface area contributed by atoms with Crippen LogP contribution in [0.4, 0.5) is 20.2 Å². The van der Waals surface area contributed by atoms with Crippen LogP contribution in [-0.4, -0.2) is 42.5 Å². The first-order chi connectivity index (χ1) is 13.7. The first-order valence-corrected chi connectivity index (χ1v) is 9.81. The summed E-state index contributed by atoms with van der Waals surface area (Å²) in [4.78, 5) is 5.85. The van der Waals surface area contributed by atoms with E-state index in [0.29, 0.717) is 29.8 Å². The molecule has 8 heteroatoms. The summed E-state index contributed by atoms with van der Waals surface area (Å²) in [5.41, 5.74) is 8.52. The quantitative estimate of drug-likeness (QED) is 0.447. The van der Waals surface area contributed by atoms with Crippen molar-refractivity contribution in [1.29, 1.82) is 0 Å². The second-order valence-corrected chi connectivity index (χ2v) is 7.89. The van der Waals surface area contributed by atoms with Crippen LogP contribution in [0.1, 0.15) is 24.8 Å². The van der Waals surface area contributed by atoms with Crippen LogP contribution in [0.2, 0.25) is 0 Å². The van der Waals surface area contributed by atoms with E-state index in [0.717, 1.165) is 17.8 Å². The van der Waals surface area contributed by atoms with Crippen LogP contribution in [0.15, 0.2) is 36.5 Å². The maximum absolute atomic E-state index is 12.2. The smallest absolute Gasteiger partial charge is 0.261 e. The number of aryl methyl sites for hydroxylation is 1. The number of likely N-dealkylation sites (tertiary alicyclic amines) is 1. The Morgan fingerprint density at radius 3 is 2.59 bits per heavy atom. The first-order valence-electron chi connectivity index (χ1n) is 9.81. The molecule has 6 nitrogen and oxygen atoms in total. The van der Waals surface area contributed by atoms with Crippen molar-refractivity contribution in [3.63, 3.8) is 0 Å². The highest BCUT2D eigenvalue weighted by Gasteiger charge is 2.36. The maximum Gasteiger partial charge on any atom is 0.261 e. The number of hydrogen-bond acceptors (Lipinski definition) is 6. The third-order valence-corrected chi connectivity index (χ3v) is 5.00. The molecule has 1 aromatic carbocycles. The van der Waals surface area contributed by atoms with Gasteiger partial charge in [0.2, 0.25) is 5.88 Å². The predicted octanol–water partition coefficient (Wildman–Crippen LogP) is 3.81. The summed E-state index contributed by atoms with van der Waals surface area (Å²) >= 11 is 0. The number of aromatic nitrogens is 1. The van der Waals surface area contributed by atoms with Gasteiger partial charge in [0.1, 0.15) is 5.75 Å². The van der Waals surface area contributed by atoms with Gasteiger partial charge in [0.15, 0.2) is 0 Å². The average molecular weight is 405 g/mol. The number of nitrogen functional groups attached to an aromatic ring is 1. The zero-order chi connectivity index (χ0) is 21.0. The minimum Gasteiger partial charge on any atom is -0.439 e. The summed E-state index contributed by atoms with van der Waals surface area (Å²) in [6.07, 6.45) is 4.25. The Bertz CT molecular complexity index is 828. The van der Waals surface area contributed by atoms with E-state index in [1.54, 1.807) is 29.2 Å². The Morgan fingerprint density at radius 1 is 1.31 bits per heavy atom. The SMILES string of the molecule is CN1CCC(F)(F)C1.Cc1cccnc1Oc1ccc(N(N)CC2CC2)c(N)c1. The Morgan fingerprint density at radius 2 is 2.07 bits per heavy atom. The highest BCUT2D eigenvalue weighted by Crippen LogP contribution is 2.34. The second kappa shape index (κ2) is 8.92. The molecule has 2 aliphatic rings. The highest BCUT2D eigenvalue weighted by molar-refractivity contribution is 5.69. The van der Waals surface area contributed by atoms with Crippen LogP contribution in [0.25, 0.3) is 0 Å². The molecule has 29 heavy (non-hydrogen) atoms. The summed E-state index contributed by atoms with van der Waals surface area (Å²) in [7, 11) is 1.71. The largest absolute Gasteiger partial charge is 0.439 e. The summed E-state index contributed by atoms with van der Waals surface area (Å²) in [6.45, 7) is 3.28. The van der Waals surface area contributed by atoms with E-state index in [-0.39, 0.29) is 13.0 Å². The third kappa shape index (κ3) is 6.27. The van der Waals surface area contributed by atoms with Crippen LogP contribution < -0.4 is 21.3 Å². The van der Waals surface area contributed by atoms with Crippen molar-refractivity contribution in [3.8, 4) is 11.6 Å². The minimum absolute atomic E-state index is 0.0312. The van der Waals surface area contributed by atoms with Crippen molar-refractivity contribution < 1.29 is 13.5 Å². The molecule has 2 fully saturated rings. The van der Waals surface area contributed by atoms with Crippen LogP contribution >= 0.6 is 0 Å². The number of anilines is 2. The first kappa shape index (κ1) is 21.3. The minimum atomic E-state index is -2.41. The van der Waals surface area contributed by atoms with Crippen molar-refractivity contribution in [2.24, 2.45) is 11.8 Å². The molecule has 1 aromatic heterocycles. The van der Waals surface area contributed by atoms with Crippen molar-refractivity contribution in [2.45, 2.75) is 32.1 Å². The van der Waals surface area contributed by atoms with Crippen LogP contribution in [-0.2, 0) is 0 Å². The van der Waals surface area contributed by atoms with E-state index in [2.05, 4.69) is 4.98 Å². The molecular formula is C21H29F2N5O. The lowest BCUT2D eigenvalue weighted by Crippen LogP contribution is -2.33. The molecule has 0 unspecified atom stereocenters. The van der Waals surface area contributed by atoms with Crippen molar-refractivity contribution in [1.82, 2.24) is 9.88 Å². The summed E-state index contributed by atoms with van der Waals surface area (Å²) < 4.78 is 30.1. The Labute approximate surface area is 170 Å². The van der Waals surface area contributed by atoms with E-state index >= 15 is 0 Å². The monoisotopic (exact) mass is 405 g/mol. The molecule has 4 N–H and O–H groups in total. The molecule has 1 saturated heterocycles. The number of ether oxygens (including phenoxy) is 1. The summed E-state index contributed by atoms with van der Waals surface area (Å²) in [5, 5.41) is 1.72. The third-order valence-electron chi connectivity index (χ3n) is 5.00. The van der Waals surface area contributed by atoms with Gasteiger partial charge >= 0.3 is 0 Å². The fraction of sp³-hybridized carbons (Fsp3) is 0.476. The number of alkyl halides is 2. The molecule has 158 valence electrons. The number of nitrogens with zero attached hydrogens (tertiary/aromatic N) is 3. The van der Waals surface area contributed by atoms with Gasteiger partial charge in [-0.25, -0.2) is 19.6 Å². The Hall–Kier alpha value is -2.45. The van der Waals surface area contributed by atoms with Crippen LogP contribution in [0.5, 0.6) is 11.6 Å². The summed E-state index contributed by atoms with van der Waals surface area (Å²) in [5.74, 6) is 5.62. The second-order valence-electron chi connectivity index (χ2n) is 7.89. The normalized spacial score (nSPS) is 18.1. The van der Waals surface area contributed by atoms with Gasteiger partial charge in [-0.1, -0.05) is 6.07 Å². The fourth-order valence-corrected chi connectivity index (χ4v) is 3.13. The van der Waals surface area contributed by atoms with Crippen LogP contribution in [0.3, 0.4) is 0 Å². The van der Waals surface area contributed by atoms with Crippen molar-refractivity contribution in [2.75, 3.05) is 37.4 Å². The van der Waals surface area contributed by atoms with Gasteiger partial charge in [0.05, 0.1) is 17.9 Å². The number of benzene rings is 1. The van der Waals surface area contributed by atoms with Crippen LogP contribution in [0, 0.1) is 12.8 Å². The van der Waals surface area contributed by atoms with E-state index in [4.69, 9.17) is 16.3 Å². The number of rotatable bonds is 5. The molecule has 2 aromatic rings. The zero-order valence-electron chi connectivity index (χ0n) is 16.9. The molecular weight excluding hydrogens is 376 g/mol. The lowest BCUT2D eigenvalue weighted by molar-refractivity contribution is 0.0146. The average Bonchev–Trinajstić information content (AvgIpc) is 3.40. The van der Waals surface area contributed by atoms with Crippen molar-refractivity contribution in [3.05, 3.63) is 42.1 Å². The Balaban J connectivity index is 0.000000252. The molecule has 0 spiro atoms. The molecule has 0 bridgehead atoms. The fourth-order valence-electron chi connectivity index (χ4n) is 3.13. The predicted molar refractivity (Wildman–Crippen MR) is 111 cm³/mol. The molecule has 1 aliphatic heterocycles. The summed E-state index contributed by atoms with van der Waals surface area (Å²) in [6, 6.07) is 9.38. The molecule has 1 aliphatic carbocycles. The molecule has 4 rings (SSSR count). The number of hydrazine groups is 1. The van der Waals surface area contributed by atoms with E-state index in [1.807, 2.05) is 31.2 Å². The van der Waals surface area contributed by atoms with Gasteiger partial charge in [-0.3, -0.25) is 0 Å². The molecule has 0 amide bonds. The van der Waals surface area contributed by atoms with E-state index in [1.165, 1.54) is 12.8 Å². The Kier molecular flexibility index (Phi) is 6.54. The number of pyridine rings is 1. The van der Waals surface area contributed by atoms with E-state index in [9.17, 15) is 8.78 Å². The molecule has 2 heterocycles. The van der Waals surface area contributed by atoms with Crippen molar-refractivity contribution >= 4 is 11.4 Å². The number of hydrogen-bond donors (Lipinski definition) is 2. The van der Waals surface area contributed by atoms with E-state index < -0.39 is 5.92 Å². The van der Waals surface area contributed by atoms with Gasteiger partial charge < -0.3 is 20.4 Å².